The Morgan fingerprint density at radius 3 is 2.41 bits per heavy atom. The molecule has 1 N–H and O–H groups in total. The minimum absolute atomic E-state index is 0.275. The molecule has 0 aliphatic carbocycles. The second kappa shape index (κ2) is 7.48. The SMILES string of the molecule is CCOC(=O)N1CCN(C(=O)COC(=O)c2ccc[nH]2)CC1. The molecule has 0 aromatic carbocycles. The van der Waals surface area contributed by atoms with Crippen molar-refractivity contribution < 1.29 is 23.9 Å². The van der Waals surface area contributed by atoms with Gasteiger partial charge < -0.3 is 24.3 Å². The van der Waals surface area contributed by atoms with E-state index in [0.717, 1.165) is 0 Å². The molecular formula is C14H19N3O5. The normalized spacial score (nSPS) is 14.6. The Hall–Kier alpha value is -2.51. The van der Waals surface area contributed by atoms with E-state index >= 15 is 0 Å². The van der Waals surface area contributed by atoms with Gasteiger partial charge in [0.25, 0.3) is 5.91 Å². The van der Waals surface area contributed by atoms with Gasteiger partial charge in [-0.2, -0.15) is 0 Å². The number of aromatic nitrogens is 1. The number of piperazine rings is 1. The van der Waals surface area contributed by atoms with Crippen molar-refractivity contribution in [2.75, 3.05) is 39.4 Å². The van der Waals surface area contributed by atoms with Gasteiger partial charge in [-0.15, -0.1) is 0 Å². The van der Waals surface area contributed by atoms with Crippen LogP contribution in [0.25, 0.3) is 0 Å². The number of amides is 2. The van der Waals surface area contributed by atoms with E-state index in [4.69, 9.17) is 9.47 Å². The second-order valence-corrected chi connectivity index (χ2v) is 4.73. The molecule has 0 spiro atoms. The van der Waals surface area contributed by atoms with E-state index in [1.54, 1.807) is 35.1 Å². The number of carbonyl (C=O) groups is 3. The lowest BCUT2D eigenvalue weighted by Crippen LogP contribution is -2.51. The van der Waals surface area contributed by atoms with Gasteiger partial charge in [-0.1, -0.05) is 0 Å². The quantitative estimate of drug-likeness (QED) is 0.816. The first-order chi connectivity index (χ1) is 10.6. The lowest BCUT2D eigenvalue weighted by atomic mass is 10.3. The van der Waals surface area contributed by atoms with Crippen LogP contribution >= 0.6 is 0 Å². The highest BCUT2D eigenvalue weighted by Crippen LogP contribution is 2.05. The van der Waals surface area contributed by atoms with Crippen molar-refractivity contribution >= 4 is 18.0 Å². The number of carbonyl (C=O) groups excluding carboxylic acids is 3. The summed E-state index contributed by atoms with van der Waals surface area (Å²) in [4.78, 5) is 41.0. The lowest BCUT2D eigenvalue weighted by molar-refractivity contribution is -0.136. The lowest BCUT2D eigenvalue weighted by Gasteiger charge is -2.33. The largest absolute Gasteiger partial charge is 0.451 e. The highest BCUT2D eigenvalue weighted by molar-refractivity contribution is 5.89. The Morgan fingerprint density at radius 2 is 1.82 bits per heavy atom. The summed E-state index contributed by atoms with van der Waals surface area (Å²) in [5, 5.41) is 0. The molecule has 0 bridgehead atoms. The third-order valence-electron chi connectivity index (χ3n) is 3.30. The van der Waals surface area contributed by atoms with Crippen LogP contribution in [0, 0.1) is 0 Å². The average Bonchev–Trinajstić information content (AvgIpc) is 3.07. The maximum Gasteiger partial charge on any atom is 0.409 e. The fourth-order valence-electron chi connectivity index (χ4n) is 2.11. The molecule has 8 nitrogen and oxygen atoms in total. The molecule has 0 saturated carbocycles. The van der Waals surface area contributed by atoms with Gasteiger partial charge in [0.05, 0.1) is 6.61 Å². The third kappa shape index (κ3) is 4.00. The first kappa shape index (κ1) is 15.9. The van der Waals surface area contributed by atoms with E-state index in [0.29, 0.717) is 38.5 Å². The minimum atomic E-state index is -0.566. The molecule has 0 radical (unpaired) electrons. The Balaban J connectivity index is 1.73. The second-order valence-electron chi connectivity index (χ2n) is 4.73. The molecule has 1 aliphatic heterocycles. The van der Waals surface area contributed by atoms with Crippen molar-refractivity contribution in [1.82, 2.24) is 14.8 Å². The van der Waals surface area contributed by atoms with Gasteiger partial charge in [-0.25, -0.2) is 9.59 Å². The summed E-state index contributed by atoms with van der Waals surface area (Å²) in [6.07, 6.45) is 1.24. The molecule has 1 fully saturated rings. The number of nitrogens with zero attached hydrogens (tertiary/aromatic N) is 2. The molecule has 0 atom stereocenters. The Morgan fingerprint density at radius 1 is 1.14 bits per heavy atom. The maximum atomic E-state index is 12.0. The molecular weight excluding hydrogens is 290 g/mol. The smallest absolute Gasteiger partial charge is 0.409 e. The molecule has 1 aliphatic rings. The van der Waals surface area contributed by atoms with Gasteiger partial charge in [0.2, 0.25) is 0 Å². The molecule has 0 unspecified atom stereocenters. The number of ether oxygens (including phenoxy) is 2. The number of esters is 1. The predicted octanol–water partition coefficient (Wildman–Crippen LogP) is 0.472. The maximum absolute atomic E-state index is 12.0. The predicted molar refractivity (Wildman–Crippen MR) is 76.3 cm³/mol. The van der Waals surface area contributed by atoms with Crippen molar-refractivity contribution in [1.29, 1.82) is 0 Å². The van der Waals surface area contributed by atoms with Gasteiger partial charge in [-0.05, 0) is 19.1 Å². The van der Waals surface area contributed by atoms with Crippen LogP contribution in [0.5, 0.6) is 0 Å². The molecule has 1 saturated heterocycles. The minimum Gasteiger partial charge on any atom is -0.451 e. The monoisotopic (exact) mass is 309 g/mol. The van der Waals surface area contributed by atoms with Crippen LogP contribution in [0.4, 0.5) is 4.79 Å². The fraction of sp³-hybridized carbons (Fsp3) is 0.500. The van der Waals surface area contributed by atoms with E-state index in [-0.39, 0.29) is 18.6 Å². The molecule has 22 heavy (non-hydrogen) atoms. The summed E-state index contributed by atoms with van der Waals surface area (Å²) < 4.78 is 9.86. The average molecular weight is 309 g/mol. The van der Waals surface area contributed by atoms with Crippen LogP contribution in [0.3, 0.4) is 0 Å². The summed E-state index contributed by atoms with van der Waals surface area (Å²) in [5.74, 6) is -0.841. The van der Waals surface area contributed by atoms with Gasteiger partial charge in [-0.3, -0.25) is 4.79 Å². The first-order valence-electron chi connectivity index (χ1n) is 7.11. The number of hydrogen-bond acceptors (Lipinski definition) is 5. The third-order valence-corrected chi connectivity index (χ3v) is 3.30. The number of rotatable bonds is 4. The van der Waals surface area contributed by atoms with Crippen molar-refractivity contribution in [3.8, 4) is 0 Å². The molecule has 120 valence electrons. The van der Waals surface area contributed by atoms with E-state index < -0.39 is 5.97 Å². The van der Waals surface area contributed by atoms with Gasteiger partial charge >= 0.3 is 12.1 Å². The van der Waals surface area contributed by atoms with Crippen LogP contribution in [0.15, 0.2) is 18.3 Å². The summed E-state index contributed by atoms with van der Waals surface area (Å²) in [7, 11) is 0. The number of aromatic amines is 1. The standard InChI is InChI=1S/C14H19N3O5/c1-2-21-14(20)17-8-6-16(7-9-17)12(18)10-22-13(19)11-4-3-5-15-11/h3-5,15H,2,6-10H2,1H3. The number of nitrogens with one attached hydrogen (secondary N) is 1. The molecule has 1 aromatic rings. The zero-order valence-corrected chi connectivity index (χ0v) is 12.4. The Labute approximate surface area is 128 Å². The molecule has 8 heteroatoms. The molecule has 2 amide bonds. The van der Waals surface area contributed by atoms with E-state index in [9.17, 15) is 14.4 Å². The zero-order chi connectivity index (χ0) is 15.9. The summed E-state index contributed by atoms with van der Waals surface area (Å²) >= 11 is 0. The fourth-order valence-corrected chi connectivity index (χ4v) is 2.11. The summed E-state index contributed by atoms with van der Waals surface area (Å²) in [5.41, 5.74) is 0.305. The van der Waals surface area contributed by atoms with Gasteiger partial charge in [0, 0.05) is 32.4 Å². The Bertz CT molecular complexity index is 521. The van der Waals surface area contributed by atoms with Crippen molar-refractivity contribution in [3.63, 3.8) is 0 Å². The zero-order valence-electron chi connectivity index (χ0n) is 12.4. The summed E-state index contributed by atoms with van der Waals surface area (Å²) in [6.45, 7) is 3.39. The highest BCUT2D eigenvalue weighted by Gasteiger charge is 2.25. The topological polar surface area (TPSA) is 91.9 Å². The van der Waals surface area contributed by atoms with Crippen LogP contribution < -0.4 is 0 Å². The first-order valence-corrected chi connectivity index (χ1v) is 7.11. The number of H-pyrrole nitrogens is 1. The molecule has 2 rings (SSSR count). The van der Waals surface area contributed by atoms with E-state index in [2.05, 4.69) is 4.98 Å². The van der Waals surface area contributed by atoms with Crippen LogP contribution in [-0.4, -0.2) is 72.1 Å². The molecule has 2 heterocycles. The van der Waals surface area contributed by atoms with E-state index in [1.807, 2.05) is 0 Å². The Kier molecular flexibility index (Phi) is 5.40. The van der Waals surface area contributed by atoms with Crippen molar-refractivity contribution in [3.05, 3.63) is 24.0 Å². The van der Waals surface area contributed by atoms with Crippen molar-refractivity contribution in [2.45, 2.75) is 6.92 Å². The van der Waals surface area contributed by atoms with Gasteiger partial charge in [0.1, 0.15) is 5.69 Å². The van der Waals surface area contributed by atoms with Crippen molar-refractivity contribution in [2.24, 2.45) is 0 Å². The van der Waals surface area contributed by atoms with Crippen LogP contribution in [-0.2, 0) is 14.3 Å². The van der Waals surface area contributed by atoms with E-state index in [1.165, 1.54) is 0 Å². The summed E-state index contributed by atoms with van der Waals surface area (Å²) in [6, 6.07) is 3.25. The number of hydrogen-bond donors (Lipinski definition) is 1. The molecule has 1 aromatic heterocycles. The highest BCUT2D eigenvalue weighted by atomic mass is 16.6. The van der Waals surface area contributed by atoms with Gasteiger partial charge in [0.15, 0.2) is 6.61 Å². The van der Waals surface area contributed by atoms with Crippen LogP contribution in [0.2, 0.25) is 0 Å². The van der Waals surface area contributed by atoms with Crippen LogP contribution in [0.1, 0.15) is 17.4 Å².